The Morgan fingerprint density at radius 2 is 1.79 bits per heavy atom. The summed E-state index contributed by atoms with van der Waals surface area (Å²) in [5.41, 5.74) is 2.17. The first kappa shape index (κ1) is 22.3. The Morgan fingerprint density at radius 3 is 2.56 bits per heavy atom. The van der Waals surface area contributed by atoms with Crippen molar-refractivity contribution in [2.75, 3.05) is 6.54 Å². The molecule has 2 heterocycles. The van der Waals surface area contributed by atoms with E-state index in [1.54, 1.807) is 12.1 Å². The van der Waals surface area contributed by atoms with Gasteiger partial charge in [-0.3, -0.25) is 4.79 Å². The Balaban J connectivity index is 1.63. The third kappa shape index (κ3) is 4.22. The molecule has 8 heteroatoms. The number of hydrogen-bond donors (Lipinski definition) is 2. The maximum Gasteiger partial charge on any atom is 0.238 e. The summed E-state index contributed by atoms with van der Waals surface area (Å²) in [7, 11) is -4.23. The van der Waals surface area contributed by atoms with E-state index in [-0.39, 0.29) is 10.7 Å². The van der Waals surface area contributed by atoms with E-state index in [2.05, 4.69) is 10.6 Å². The summed E-state index contributed by atoms with van der Waals surface area (Å²) in [4.78, 5) is 13.1. The molecule has 174 valence electrons. The van der Waals surface area contributed by atoms with Gasteiger partial charge in [-0.1, -0.05) is 54.6 Å². The van der Waals surface area contributed by atoms with E-state index in [9.17, 15) is 17.6 Å². The van der Waals surface area contributed by atoms with E-state index in [4.69, 9.17) is 4.42 Å². The van der Waals surface area contributed by atoms with Gasteiger partial charge in [-0.15, -0.1) is 0 Å². The summed E-state index contributed by atoms with van der Waals surface area (Å²) < 4.78 is 47.1. The molecule has 0 radical (unpaired) electrons. The average Bonchev–Trinajstić information content (AvgIpc) is 3.53. The third-order valence-electron chi connectivity index (χ3n) is 6.02. The molecular formula is C26H23FN2O4S. The van der Waals surface area contributed by atoms with E-state index in [1.807, 2.05) is 42.5 Å². The van der Waals surface area contributed by atoms with Gasteiger partial charge in [0.25, 0.3) is 0 Å². The minimum atomic E-state index is -4.23. The summed E-state index contributed by atoms with van der Waals surface area (Å²) in [6.45, 7) is 0.700. The fourth-order valence-corrected chi connectivity index (χ4v) is 5.85. The van der Waals surface area contributed by atoms with Crippen LogP contribution in [0.15, 0.2) is 88.4 Å². The minimum absolute atomic E-state index is 0.249. The van der Waals surface area contributed by atoms with Gasteiger partial charge in [0.2, 0.25) is 20.8 Å². The first-order chi connectivity index (χ1) is 16.4. The fourth-order valence-electron chi connectivity index (χ4n) is 4.31. The molecule has 3 aromatic carbocycles. The second-order valence-corrected chi connectivity index (χ2v) is 10.2. The van der Waals surface area contributed by atoms with Gasteiger partial charge in [-0.25, -0.2) is 12.8 Å². The van der Waals surface area contributed by atoms with Crippen molar-refractivity contribution in [3.05, 3.63) is 90.2 Å². The van der Waals surface area contributed by atoms with Crippen LogP contribution in [-0.2, 0) is 14.6 Å². The first-order valence-electron chi connectivity index (χ1n) is 11.0. The van der Waals surface area contributed by atoms with Gasteiger partial charge in [-0.2, -0.15) is 0 Å². The molecule has 1 fully saturated rings. The molecule has 5 rings (SSSR count). The van der Waals surface area contributed by atoms with Crippen LogP contribution in [0.25, 0.3) is 22.1 Å². The van der Waals surface area contributed by atoms with E-state index in [0.29, 0.717) is 29.5 Å². The molecule has 2 N–H and O–H groups in total. The number of benzene rings is 3. The van der Waals surface area contributed by atoms with Crippen LogP contribution < -0.4 is 10.6 Å². The Labute approximate surface area is 196 Å². The quantitative estimate of drug-likeness (QED) is 0.424. The Bertz CT molecular complexity index is 1440. The highest BCUT2D eigenvalue weighted by molar-refractivity contribution is 7.91. The molecule has 1 saturated heterocycles. The molecular weight excluding hydrogens is 455 g/mol. The summed E-state index contributed by atoms with van der Waals surface area (Å²) in [6.07, 6.45) is 1.47. The predicted molar refractivity (Wildman–Crippen MR) is 127 cm³/mol. The summed E-state index contributed by atoms with van der Waals surface area (Å²) >= 11 is 0. The number of carbonyl (C=O) groups is 1. The number of halogens is 1. The van der Waals surface area contributed by atoms with Crippen LogP contribution in [0.2, 0.25) is 0 Å². The molecule has 0 saturated carbocycles. The first-order valence-corrected chi connectivity index (χ1v) is 12.6. The number of sulfone groups is 1. The van der Waals surface area contributed by atoms with Crippen LogP contribution >= 0.6 is 0 Å². The van der Waals surface area contributed by atoms with Gasteiger partial charge in [0.15, 0.2) is 5.37 Å². The van der Waals surface area contributed by atoms with Crippen molar-refractivity contribution in [1.29, 1.82) is 0 Å². The van der Waals surface area contributed by atoms with Crippen LogP contribution in [0.5, 0.6) is 0 Å². The number of rotatable bonds is 6. The molecule has 6 nitrogen and oxygen atoms in total. The average molecular weight is 479 g/mol. The van der Waals surface area contributed by atoms with E-state index < -0.39 is 33.0 Å². The number of fused-ring (bicyclic) bond motifs is 1. The van der Waals surface area contributed by atoms with Crippen molar-refractivity contribution in [3.8, 4) is 11.1 Å². The van der Waals surface area contributed by atoms with E-state index >= 15 is 0 Å². The molecule has 2 atom stereocenters. The van der Waals surface area contributed by atoms with Crippen molar-refractivity contribution in [3.63, 3.8) is 0 Å². The number of hydrogen-bond acceptors (Lipinski definition) is 5. The zero-order valence-corrected chi connectivity index (χ0v) is 19.0. The second-order valence-electron chi connectivity index (χ2n) is 8.28. The van der Waals surface area contributed by atoms with E-state index in [0.717, 1.165) is 12.0 Å². The van der Waals surface area contributed by atoms with Gasteiger partial charge in [0.05, 0.1) is 6.04 Å². The lowest BCUT2D eigenvalue weighted by molar-refractivity contribution is -0.123. The lowest BCUT2D eigenvalue weighted by Gasteiger charge is -2.23. The minimum Gasteiger partial charge on any atom is -0.445 e. The number of furan rings is 1. The van der Waals surface area contributed by atoms with Crippen molar-refractivity contribution < 1.29 is 22.0 Å². The SMILES string of the molecule is O=C(N[C@H](c1ccccc1-c1ccccc1)S(=O)(=O)c1cc2cc(F)ccc2o1)C1CCCN1. The normalized spacial score (nSPS) is 17.0. The maximum atomic E-state index is 13.9. The van der Waals surface area contributed by atoms with Crippen molar-refractivity contribution >= 4 is 26.7 Å². The summed E-state index contributed by atoms with van der Waals surface area (Å²) in [5, 5.41) is 4.46. The van der Waals surface area contributed by atoms with Crippen LogP contribution in [-0.4, -0.2) is 26.9 Å². The molecule has 1 amide bonds. The molecule has 0 spiro atoms. The molecule has 1 aliphatic rings. The lowest BCUT2D eigenvalue weighted by atomic mass is 9.99. The molecule has 4 aromatic rings. The highest BCUT2D eigenvalue weighted by atomic mass is 32.2. The second kappa shape index (κ2) is 9.04. The predicted octanol–water partition coefficient (Wildman–Crippen LogP) is 4.58. The molecule has 1 aromatic heterocycles. The standard InChI is InChI=1S/C26H23FN2O4S/c27-19-12-13-23-18(15-19)16-24(33-23)34(31,32)26(29-25(30)22-11-6-14-28-22)21-10-5-4-9-20(21)17-7-2-1-3-8-17/h1-5,7-10,12-13,15-16,22,26,28H,6,11,14H2,(H,29,30)/t22?,26-/m0/s1. The third-order valence-corrected chi connectivity index (χ3v) is 7.78. The van der Waals surface area contributed by atoms with Crippen molar-refractivity contribution in [2.24, 2.45) is 0 Å². The maximum absolute atomic E-state index is 13.9. The number of nitrogens with one attached hydrogen (secondary N) is 2. The highest BCUT2D eigenvalue weighted by Crippen LogP contribution is 2.36. The monoisotopic (exact) mass is 478 g/mol. The summed E-state index contributed by atoms with van der Waals surface area (Å²) in [6, 6.07) is 21.1. The zero-order chi connectivity index (χ0) is 23.7. The molecule has 0 bridgehead atoms. The van der Waals surface area contributed by atoms with Crippen LogP contribution in [0, 0.1) is 5.82 Å². The number of amides is 1. The largest absolute Gasteiger partial charge is 0.445 e. The zero-order valence-electron chi connectivity index (χ0n) is 18.2. The van der Waals surface area contributed by atoms with Crippen LogP contribution in [0.3, 0.4) is 0 Å². The van der Waals surface area contributed by atoms with E-state index in [1.165, 1.54) is 24.3 Å². The Kier molecular flexibility index (Phi) is 5.93. The molecule has 1 unspecified atom stereocenters. The summed E-state index contributed by atoms with van der Waals surface area (Å²) in [5.74, 6) is -0.889. The highest BCUT2D eigenvalue weighted by Gasteiger charge is 2.37. The van der Waals surface area contributed by atoms with Crippen LogP contribution in [0.4, 0.5) is 4.39 Å². The molecule has 0 aliphatic carbocycles. The van der Waals surface area contributed by atoms with Gasteiger partial charge >= 0.3 is 0 Å². The smallest absolute Gasteiger partial charge is 0.238 e. The Hall–Kier alpha value is -3.49. The van der Waals surface area contributed by atoms with Crippen LogP contribution in [0.1, 0.15) is 23.8 Å². The Morgan fingerprint density at radius 1 is 1.03 bits per heavy atom. The van der Waals surface area contributed by atoms with Crippen molar-refractivity contribution in [2.45, 2.75) is 29.3 Å². The number of carbonyl (C=O) groups excluding carboxylic acids is 1. The van der Waals surface area contributed by atoms with Gasteiger partial charge < -0.3 is 15.1 Å². The van der Waals surface area contributed by atoms with Gasteiger partial charge in [-0.05, 0) is 54.3 Å². The van der Waals surface area contributed by atoms with Gasteiger partial charge in [0, 0.05) is 11.5 Å². The van der Waals surface area contributed by atoms with Gasteiger partial charge in [0.1, 0.15) is 11.4 Å². The van der Waals surface area contributed by atoms with Crippen molar-refractivity contribution in [1.82, 2.24) is 10.6 Å². The lowest BCUT2D eigenvalue weighted by Crippen LogP contribution is -2.44. The molecule has 1 aliphatic heterocycles. The topological polar surface area (TPSA) is 88.4 Å². The fraction of sp³-hybridized carbons (Fsp3) is 0.192. The molecule has 34 heavy (non-hydrogen) atoms.